The lowest BCUT2D eigenvalue weighted by atomic mass is 9.93. The first-order chi connectivity index (χ1) is 12.6. The Morgan fingerprint density at radius 1 is 1.23 bits per heavy atom. The van der Waals surface area contributed by atoms with Crippen LogP contribution in [0.25, 0.3) is 11.4 Å². The molecule has 0 radical (unpaired) electrons. The molecule has 0 saturated heterocycles. The van der Waals surface area contributed by atoms with E-state index in [4.69, 9.17) is 10.3 Å². The van der Waals surface area contributed by atoms with Crippen LogP contribution in [0.1, 0.15) is 17.0 Å². The zero-order valence-electron chi connectivity index (χ0n) is 13.9. The van der Waals surface area contributed by atoms with Crippen molar-refractivity contribution < 1.29 is 9.32 Å². The Hall–Kier alpha value is -2.51. The Labute approximate surface area is 159 Å². The summed E-state index contributed by atoms with van der Waals surface area (Å²) >= 11 is 3.44. The number of primary amides is 1. The van der Waals surface area contributed by atoms with Crippen LogP contribution in [0.4, 0.5) is 0 Å². The second-order valence-corrected chi connectivity index (χ2v) is 7.23. The Morgan fingerprint density at radius 2 is 2.04 bits per heavy atom. The molecule has 0 fully saturated rings. The molecular formula is C19H17BrN4O2. The zero-order chi connectivity index (χ0) is 18.1. The average molecular weight is 413 g/mol. The lowest BCUT2D eigenvalue weighted by Crippen LogP contribution is -2.48. The van der Waals surface area contributed by atoms with Gasteiger partial charge in [-0.1, -0.05) is 57.5 Å². The number of nitrogens with zero attached hydrogens (tertiary/aromatic N) is 3. The van der Waals surface area contributed by atoms with E-state index in [1.165, 1.54) is 5.56 Å². The highest BCUT2D eigenvalue weighted by Crippen LogP contribution is 2.26. The molecule has 3 aromatic rings. The molecule has 4 rings (SSSR count). The first-order valence-corrected chi connectivity index (χ1v) is 9.08. The molecule has 0 bridgehead atoms. The topological polar surface area (TPSA) is 85.3 Å². The van der Waals surface area contributed by atoms with Gasteiger partial charge in [0.15, 0.2) is 0 Å². The van der Waals surface area contributed by atoms with Gasteiger partial charge < -0.3 is 10.3 Å². The van der Waals surface area contributed by atoms with Gasteiger partial charge in [0.1, 0.15) is 0 Å². The average Bonchev–Trinajstić information content (AvgIpc) is 3.09. The summed E-state index contributed by atoms with van der Waals surface area (Å²) in [4.78, 5) is 18.4. The van der Waals surface area contributed by atoms with Crippen LogP contribution >= 0.6 is 15.9 Å². The van der Waals surface area contributed by atoms with Crippen LogP contribution in [0.2, 0.25) is 0 Å². The molecular weight excluding hydrogens is 396 g/mol. The number of nitrogens with two attached hydrogens (primary N) is 1. The molecule has 1 amide bonds. The molecule has 2 heterocycles. The minimum Gasteiger partial charge on any atom is -0.368 e. The van der Waals surface area contributed by atoms with E-state index in [9.17, 15) is 4.79 Å². The molecule has 6 nitrogen and oxygen atoms in total. The van der Waals surface area contributed by atoms with Gasteiger partial charge in [0, 0.05) is 16.6 Å². The number of rotatable bonds is 4. The lowest BCUT2D eigenvalue weighted by molar-refractivity contribution is -0.124. The number of aromatic nitrogens is 2. The van der Waals surface area contributed by atoms with Crippen molar-refractivity contribution in [3.05, 3.63) is 70.0 Å². The van der Waals surface area contributed by atoms with Crippen LogP contribution in [0.3, 0.4) is 0 Å². The van der Waals surface area contributed by atoms with E-state index < -0.39 is 0 Å². The first-order valence-electron chi connectivity index (χ1n) is 8.29. The van der Waals surface area contributed by atoms with Gasteiger partial charge in [0.05, 0.1) is 12.6 Å². The third-order valence-corrected chi connectivity index (χ3v) is 5.06. The van der Waals surface area contributed by atoms with Crippen LogP contribution in [-0.2, 0) is 24.3 Å². The van der Waals surface area contributed by atoms with Crippen LogP contribution in [0.15, 0.2) is 57.5 Å². The number of hydrogen-bond donors (Lipinski definition) is 1. The minimum absolute atomic E-state index is 0.341. The maximum absolute atomic E-state index is 11.9. The number of benzene rings is 2. The van der Waals surface area contributed by atoms with Crippen LogP contribution in [0.5, 0.6) is 0 Å². The number of carbonyl (C=O) groups excluding carboxylic acids is 1. The van der Waals surface area contributed by atoms with Gasteiger partial charge in [-0.05, 0) is 29.7 Å². The molecule has 0 spiro atoms. The predicted octanol–water partition coefficient (Wildman–Crippen LogP) is 2.91. The summed E-state index contributed by atoms with van der Waals surface area (Å²) in [6.45, 7) is 1.00. The highest BCUT2D eigenvalue weighted by molar-refractivity contribution is 9.10. The van der Waals surface area contributed by atoms with Crippen molar-refractivity contribution in [3.63, 3.8) is 0 Å². The van der Waals surface area contributed by atoms with E-state index in [0.29, 0.717) is 31.2 Å². The molecule has 1 aromatic heterocycles. The second-order valence-electron chi connectivity index (χ2n) is 6.32. The minimum atomic E-state index is -0.383. The number of carbonyl (C=O) groups is 1. The van der Waals surface area contributed by atoms with Gasteiger partial charge in [-0.3, -0.25) is 9.69 Å². The quantitative estimate of drug-likeness (QED) is 0.711. The third kappa shape index (κ3) is 3.40. The Kier molecular flexibility index (Phi) is 4.57. The third-order valence-electron chi connectivity index (χ3n) is 4.56. The molecule has 2 N–H and O–H groups in total. The van der Waals surface area contributed by atoms with E-state index >= 15 is 0 Å². The fourth-order valence-electron chi connectivity index (χ4n) is 3.26. The first kappa shape index (κ1) is 16.9. The van der Waals surface area contributed by atoms with E-state index in [2.05, 4.69) is 32.1 Å². The van der Waals surface area contributed by atoms with E-state index in [1.807, 2.05) is 47.4 Å². The van der Waals surface area contributed by atoms with Crippen LogP contribution < -0.4 is 5.73 Å². The fourth-order valence-corrected chi connectivity index (χ4v) is 3.66. The number of fused-ring (bicyclic) bond motifs is 1. The van der Waals surface area contributed by atoms with Crippen molar-refractivity contribution in [2.24, 2.45) is 5.73 Å². The predicted molar refractivity (Wildman–Crippen MR) is 99.8 cm³/mol. The normalized spacial score (nSPS) is 17.0. The molecule has 0 unspecified atom stereocenters. The summed E-state index contributed by atoms with van der Waals surface area (Å²) in [6, 6.07) is 15.4. The van der Waals surface area contributed by atoms with Gasteiger partial charge in [-0.25, -0.2) is 0 Å². The molecule has 0 aliphatic carbocycles. The number of amides is 1. The van der Waals surface area contributed by atoms with Crippen LogP contribution in [0, 0.1) is 0 Å². The molecule has 7 heteroatoms. The van der Waals surface area contributed by atoms with E-state index in [1.54, 1.807) is 0 Å². The van der Waals surface area contributed by atoms with Gasteiger partial charge in [-0.15, -0.1) is 0 Å². The van der Waals surface area contributed by atoms with E-state index in [0.717, 1.165) is 15.6 Å². The largest absolute Gasteiger partial charge is 0.368 e. The van der Waals surface area contributed by atoms with Crippen molar-refractivity contribution >= 4 is 21.8 Å². The highest BCUT2D eigenvalue weighted by Gasteiger charge is 2.31. The monoisotopic (exact) mass is 412 g/mol. The summed E-state index contributed by atoms with van der Waals surface area (Å²) in [5, 5.41) is 4.06. The van der Waals surface area contributed by atoms with Crippen molar-refractivity contribution in [2.75, 3.05) is 0 Å². The maximum atomic E-state index is 11.9. The van der Waals surface area contributed by atoms with Crippen molar-refractivity contribution in [1.82, 2.24) is 15.0 Å². The lowest BCUT2D eigenvalue weighted by Gasteiger charge is -2.33. The standard InChI is InChI=1S/C19H17BrN4O2/c20-15-7-3-6-13(8-15)19-22-17(26-23-19)11-24-10-14-5-2-1-4-12(14)9-16(24)18(21)25/h1-8,16H,9-11H2,(H2,21,25)/t16-/m0/s1. The highest BCUT2D eigenvalue weighted by atomic mass is 79.9. The zero-order valence-corrected chi connectivity index (χ0v) is 15.5. The SMILES string of the molecule is NC(=O)[C@@H]1Cc2ccccc2CN1Cc1nc(-c2cccc(Br)c2)no1. The molecule has 26 heavy (non-hydrogen) atoms. The summed E-state index contributed by atoms with van der Waals surface area (Å²) in [6.07, 6.45) is 0.595. The summed E-state index contributed by atoms with van der Waals surface area (Å²) in [7, 11) is 0. The maximum Gasteiger partial charge on any atom is 0.241 e. The van der Waals surface area contributed by atoms with Crippen molar-refractivity contribution in [3.8, 4) is 11.4 Å². The van der Waals surface area contributed by atoms with Gasteiger partial charge in [-0.2, -0.15) is 4.98 Å². The molecule has 1 atom stereocenters. The summed E-state index contributed by atoms with van der Waals surface area (Å²) in [5.74, 6) is 0.645. The van der Waals surface area contributed by atoms with Gasteiger partial charge in [0.25, 0.3) is 0 Å². The summed E-state index contributed by atoms with van der Waals surface area (Å²) in [5.41, 5.74) is 8.85. The summed E-state index contributed by atoms with van der Waals surface area (Å²) < 4.78 is 6.35. The number of hydrogen-bond acceptors (Lipinski definition) is 5. The second kappa shape index (κ2) is 7.01. The van der Waals surface area contributed by atoms with Crippen LogP contribution in [-0.4, -0.2) is 27.0 Å². The molecule has 1 aliphatic rings. The van der Waals surface area contributed by atoms with Crippen molar-refractivity contribution in [1.29, 1.82) is 0 Å². The Bertz CT molecular complexity index is 956. The van der Waals surface area contributed by atoms with E-state index in [-0.39, 0.29) is 11.9 Å². The van der Waals surface area contributed by atoms with Gasteiger partial charge in [0.2, 0.25) is 17.6 Å². The van der Waals surface area contributed by atoms with Crippen molar-refractivity contribution in [2.45, 2.75) is 25.6 Å². The Balaban J connectivity index is 1.57. The molecule has 2 aromatic carbocycles. The molecule has 0 saturated carbocycles. The molecule has 1 aliphatic heterocycles. The van der Waals surface area contributed by atoms with Gasteiger partial charge >= 0.3 is 0 Å². The Morgan fingerprint density at radius 3 is 2.81 bits per heavy atom. The molecule has 132 valence electrons. The number of halogens is 1. The smallest absolute Gasteiger partial charge is 0.241 e. The fraction of sp³-hybridized carbons (Fsp3) is 0.211.